The van der Waals surface area contributed by atoms with Gasteiger partial charge in [0.25, 0.3) is 5.91 Å². The second-order valence-electron chi connectivity index (χ2n) is 9.19. The van der Waals surface area contributed by atoms with Crippen LogP contribution in [0.15, 0.2) is 54.7 Å². The molecular formula is C26H28N2O7S. The van der Waals surface area contributed by atoms with E-state index in [2.05, 4.69) is 23.5 Å². The van der Waals surface area contributed by atoms with Crippen LogP contribution in [0.5, 0.6) is 5.75 Å². The number of benzene rings is 2. The van der Waals surface area contributed by atoms with E-state index >= 15 is 0 Å². The number of methoxy groups -OCH3 is 1. The summed E-state index contributed by atoms with van der Waals surface area (Å²) in [4.78, 5) is 14.6. The molecule has 0 aliphatic carbocycles. The molecule has 5 atom stereocenters. The first-order valence-corrected chi connectivity index (χ1v) is 12.3. The summed E-state index contributed by atoms with van der Waals surface area (Å²) in [7, 11) is 1.58. The van der Waals surface area contributed by atoms with E-state index in [1.54, 1.807) is 36.8 Å². The number of ether oxygens (including phenoxy) is 2. The minimum Gasteiger partial charge on any atom is -0.497 e. The minimum atomic E-state index is -1.71. The van der Waals surface area contributed by atoms with Gasteiger partial charge in [0.05, 0.1) is 31.3 Å². The number of hydrogen-bond donors (Lipinski definition) is 5. The smallest absolute Gasteiger partial charge is 0.254 e. The molecule has 1 amide bonds. The van der Waals surface area contributed by atoms with E-state index in [-0.39, 0.29) is 0 Å². The van der Waals surface area contributed by atoms with E-state index in [9.17, 15) is 25.2 Å². The van der Waals surface area contributed by atoms with Crippen molar-refractivity contribution >= 4 is 38.2 Å². The monoisotopic (exact) mass is 512 g/mol. The van der Waals surface area contributed by atoms with Crippen molar-refractivity contribution in [1.82, 2.24) is 9.88 Å². The molecule has 10 heteroatoms. The van der Waals surface area contributed by atoms with E-state index in [1.807, 2.05) is 22.8 Å². The lowest BCUT2D eigenvalue weighted by molar-refractivity contribution is -0.278. The van der Waals surface area contributed by atoms with Crippen LogP contribution in [0.25, 0.3) is 21.0 Å². The molecule has 9 nitrogen and oxygen atoms in total. The van der Waals surface area contributed by atoms with Crippen molar-refractivity contribution in [3.8, 4) is 5.75 Å². The van der Waals surface area contributed by atoms with Gasteiger partial charge in [0.2, 0.25) is 0 Å². The van der Waals surface area contributed by atoms with Crippen LogP contribution >= 0.6 is 11.3 Å². The number of rotatable bonds is 6. The maximum atomic E-state index is 13.5. The van der Waals surface area contributed by atoms with Gasteiger partial charge in [-0.15, -0.1) is 11.3 Å². The molecule has 3 heterocycles. The van der Waals surface area contributed by atoms with Crippen molar-refractivity contribution in [2.45, 2.75) is 43.6 Å². The Balaban J connectivity index is 1.50. The number of carbonyl (C=O) groups excluding carboxylic acids is 1. The number of aliphatic hydroxyl groups is 4. The molecule has 4 aromatic rings. The fourth-order valence-corrected chi connectivity index (χ4v) is 5.75. The fourth-order valence-electron chi connectivity index (χ4n) is 4.68. The van der Waals surface area contributed by atoms with Gasteiger partial charge < -0.3 is 39.8 Å². The van der Waals surface area contributed by atoms with Crippen LogP contribution in [0.1, 0.15) is 22.2 Å². The largest absolute Gasteiger partial charge is 0.497 e. The summed E-state index contributed by atoms with van der Waals surface area (Å²) in [5.41, 5.74) is -0.606. The van der Waals surface area contributed by atoms with Gasteiger partial charge >= 0.3 is 0 Å². The first-order valence-electron chi connectivity index (χ1n) is 11.5. The summed E-state index contributed by atoms with van der Waals surface area (Å²) in [6.07, 6.45) is -4.17. The Hall–Kier alpha value is -2.99. The molecule has 190 valence electrons. The van der Waals surface area contributed by atoms with Gasteiger partial charge in [0.15, 0.2) is 6.29 Å². The van der Waals surface area contributed by atoms with Crippen LogP contribution in [-0.2, 0) is 11.3 Å². The van der Waals surface area contributed by atoms with Crippen molar-refractivity contribution in [3.63, 3.8) is 0 Å². The SMILES string of the molecule is COc1ccc2c(C(=O)N[C@@]3(C)C(O)O[C@H](CO)[C@@H](O)[C@@H]3O)cn(Cc3cc4ccccc4s3)c2c1. The number of aliphatic hydroxyl groups excluding tert-OH is 4. The summed E-state index contributed by atoms with van der Waals surface area (Å²) in [6, 6.07) is 15.6. The highest BCUT2D eigenvalue weighted by Crippen LogP contribution is 2.32. The summed E-state index contributed by atoms with van der Waals surface area (Å²) in [5, 5.41) is 45.3. The molecule has 2 aromatic carbocycles. The molecule has 0 radical (unpaired) electrons. The predicted molar refractivity (Wildman–Crippen MR) is 135 cm³/mol. The Morgan fingerprint density at radius 2 is 1.97 bits per heavy atom. The summed E-state index contributed by atoms with van der Waals surface area (Å²) in [5.74, 6) is 0.0842. The summed E-state index contributed by atoms with van der Waals surface area (Å²) >= 11 is 1.68. The number of fused-ring (bicyclic) bond motifs is 2. The van der Waals surface area contributed by atoms with Crippen molar-refractivity contribution in [1.29, 1.82) is 0 Å². The first-order chi connectivity index (χ1) is 17.2. The molecule has 36 heavy (non-hydrogen) atoms. The van der Waals surface area contributed by atoms with Crippen LogP contribution in [0.4, 0.5) is 0 Å². The zero-order chi connectivity index (χ0) is 25.6. The molecule has 1 aliphatic heterocycles. The molecule has 1 unspecified atom stereocenters. The van der Waals surface area contributed by atoms with Crippen LogP contribution in [-0.4, -0.2) is 74.8 Å². The summed E-state index contributed by atoms with van der Waals surface area (Å²) < 4.78 is 13.8. The lowest BCUT2D eigenvalue weighted by Crippen LogP contribution is -2.71. The maximum absolute atomic E-state index is 13.5. The third-order valence-electron chi connectivity index (χ3n) is 6.84. The van der Waals surface area contributed by atoms with Crippen molar-refractivity contribution in [2.75, 3.05) is 13.7 Å². The average Bonchev–Trinajstić information content (AvgIpc) is 3.46. The Kier molecular flexibility index (Phi) is 6.50. The molecule has 2 aromatic heterocycles. The maximum Gasteiger partial charge on any atom is 0.254 e. The molecule has 0 saturated carbocycles. The van der Waals surface area contributed by atoms with E-state index < -0.39 is 42.7 Å². The van der Waals surface area contributed by atoms with Crippen LogP contribution in [0.3, 0.4) is 0 Å². The van der Waals surface area contributed by atoms with E-state index in [0.29, 0.717) is 23.2 Å². The molecule has 1 saturated heterocycles. The molecule has 5 N–H and O–H groups in total. The van der Waals surface area contributed by atoms with E-state index in [4.69, 9.17) is 9.47 Å². The topological polar surface area (TPSA) is 133 Å². The Labute approximate surface area is 211 Å². The van der Waals surface area contributed by atoms with Crippen molar-refractivity contribution in [3.05, 3.63) is 65.2 Å². The van der Waals surface area contributed by atoms with Crippen molar-refractivity contribution < 1.29 is 34.7 Å². The highest BCUT2D eigenvalue weighted by molar-refractivity contribution is 7.19. The van der Waals surface area contributed by atoms with Gasteiger partial charge in [0.1, 0.15) is 29.6 Å². The quantitative estimate of drug-likeness (QED) is 0.266. The van der Waals surface area contributed by atoms with Crippen molar-refractivity contribution in [2.24, 2.45) is 0 Å². The first kappa shape index (κ1) is 24.7. The van der Waals surface area contributed by atoms with Gasteiger partial charge in [-0.3, -0.25) is 4.79 Å². The average molecular weight is 513 g/mol. The fraction of sp³-hybridized carbons (Fsp3) is 0.346. The predicted octanol–water partition coefficient (Wildman–Crippen LogP) is 1.83. The van der Waals surface area contributed by atoms with Crippen LogP contribution < -0.4 is 10.1 Å². The Bertz CT molecular complexity index is 1380. The highest BCUT2D eigenvalue weighted by Gasteiger charge is 2.53. The molecular weight excluding hydrogens is 484 g/mol. The van der Waals surface area contributed by atoms with Gasteiger partial charge in [-0.2, -0.15) is 0 Å². The van der Waals surface area contributed by atoms with E-state index in [0.717, 1.165) is 15.8 Å². The van der Waals surface area contributed by atoms with Gasteiger partial charge in [-0.1, -0.05) is 18.2 Å². The summed E-state index contributed by atoms with van der Waals surface area (Å²) in [6.45, 7) is 1.32. The second-order valence-corrected chi connectivity index (χ2v) is 10.4. The Morgan fingerprint density at radius 3 is 2.69 bits per heavy atom. The van der Waals surface area contributed by atoms with E-state index in [1.165, 1.54) is 11.6 Å². The zero-order valence-corrected chi connectivity index (χ0v) is 20.6. The number of nitrogens with zero attached hydrogens (tertiary/aromatic N) is 1. The molecule has 0 spiro atoms. The molecule has 1 fully saturated rings. The second kappa shape index (κ2) is 9.47. The standard InChI is InChI=1S/C26H28N2O7S/c1-26(23(31)22(30)20(13-29)35-25(26)33)27-24(32)18-12-28(19-10-15(34-2)7-8-17(18)19)11-16-9-14-5-3-4-6-21(14)36-16/h3-10,12,20,22-23,25,29-31,33H,11,13H2,1-2H3,(H,27,32)/t20-,22-,23+,25?,26-/m1/s1. The number of thiophene rings is 1. The van der Waals surface area contributed by atoms with Gasteiger partial charge in [-0.05, 0) is 36.6 Å². The highest BCUT2D eigenvalue weighted by atomic mass is 32.1. The number of carbonyl (C=O) groups is 1. The molecule has 1 aliphatic rings. The lowest BCUT2D eigenvalue weighted by atomic mass is 9.84. The number of nitrogens with one attached hydrogen (secondary N) is 1. The number of amides is 1. The zero-order valence-electron chi connectivity index (χ0n) is 19.8. The lowest BCUT2D eigenvalue weighted by Gasteiger charge is -2.47. The molecule has 5 rings (SSSR count). The van der Waals surface area contributed by atoms with Gasteiger partial charge in [-0.25, -0.2) is 0 Å². The molecule has 0 bridgehead atoms. The third kappa shape index (κ3) is 4.15. The van der Waals surface area contributed by atoms with Gasteiger partial charge in [0, 0.05) is 27.2 Å². The Morgan fingerprint density at radius 1 is 1.19 bits per heavy atom. The minimum absolute atomic E-state index is 0.327. The number of aromatic nitrogens is 1. The van der Waals surface area contributed by atoms with Crippen LogP contribution in [0.2, 0.25) is 0 Å². The number of hydrogen-bond acceptors (Lipinski definition) is 8. The normalized spacial score (nSPS) is 26.4. The third-order valence-corrected chi connectivity index (χ3v) is 7.94. The van der Waals surface area contributed by atoms with Crippen LogP contribution in [0, 0.1) is 0 Å².